The molecule has 128 valence electrons. The third kappa shape index (κ3) is 5.99. The van der Waals surface area contributed by atoms with Crippen molar-refractivity contribution in [1.82, 2.24) is 5.32 Å². The zero-order valence-electron chi connectivity index (χ0n) is 13.8. The van der Waals surface area contributed by atoms with Gasteiger partial charge in [0.2, 0.25) is 0 Å². The topological polar surface area (TPSA) is 88.4 Å². The first-order valence-corrected chi connectivity index (χ1v) is 7.71. The van der Waals surface area contributed by atoms with Crippen molar-refractivity contribution in [3.05, 3.63) is 65.7 Å². The molecule has 0 aliphatic heterocycles. The van der Waals surface area contributed by atoms with E-state index in [1.165, 1.54) is 0 Å². The molecular formula is C19H18N2O4. The molecule has 0 saturated heterocycles. The molecule has 0 aliphatic carbocycles. The predicted molar refractivity (Wildman–Crippen MR) is 90.6 cm³/mol. The molecule has 0 spiro atoms. The van der Waals surface area contributed by atoms with Gasteiger partial charge < -0.3 is 14.8 Å². The molecule has 1 atom stereocenters. The summed E-state index contributed by atoms with van der Waals surface area (Å²) in [6.45, 7) is 1.17. The van der Waals surface area contributed by atoms with Gasteiger partial charge in [-0.15, -0.1) is 0 Å². The standard InChI is InChI=1S/C19H18N2O4/c1-14(16-5-3-2-4-6-16)21-18(22)12-25-19(23)13-24-17-9-7-15(11-20)8-10-17/h2-10,14H,12-13H2,1H3,(H,21,22)/t14-/m1/s1. The highest BCUT2D eigenvalue weighted by molar-refractivity contribution is 5.81. The van der Waals surface area contributed by atoms with E-state index in [-0.39, 0.29) is 25.2 Å². The van der Waals surface area contributed by atoms with Crippen molar-refractivity contribution >= 4 is 11.9 Å². The van der Waals surface area contributed by atoms with E-state index in [9.17, 15) is 9.59 Å². The Morgan fingerprint density at radius 2 is 1.76 bits per heavy atom. The number of benzene rings is 2. The van der Waals surface area contributed by atoms with E-state index in [1.54, 1.807) is 24.3 Å². The maximum atomic E-state index is 11.8. The Bertz CT molecular complexity index is 751. The van der Waals surface area contributed by atoms with E-state index in [1.807, 2.05) is 43.3 Å². The number of esters is 1. The molecule has 0 bridgehead atoms. The average Bonchev–Trinajstić information content (AvgIpc) is 2.65. The molecule has 2 aromatic rings. The molecule has 2 aromatic carbocycles. The highest BCUT2D eigenvalue weighted by atomic mass is 16.6. The third-order valence-electron chi connectivity index (χ3n) is 3.38. The van der Waals surface area contributed by atoms with Crippen molar-refractivity contribution in [2.75, 3.05) is 13.2 Å². The number of nitrogens with one attached hydrogen (secondary N) is 1. The fourth-order valence-corrected chi connectivity index (χ4v) is 2.06. The molecule has 0 radical (unpaired) electrons. The Balaban J connectivity index is 1.70. The van der Waals surface area contributed by atoms with E-state index in [2.05, 4.69) is 5.32 Å². The van der Waals surface area contributed by atoms with Crippen molar-refractivity contribution in [3.63, 3.8) is 0 Å². The number of hydrogen-bond donors (Lipinski definition) is 1. The molecule has 2 rings (SSSR count). The number of carbonyl (C=O) groups is 2. The first kappa shape index (κ1) is 18.0. The van der Waals surface area contributed by atoms with E-state index >= 15 is 0 Å². The van der Waals surface area contributed by atoms with Crippen LogP contribution < -0.4 is 10.1 Å². The predicted octanol–water partition coefficient (Wildman–Crippen LogP) is 2.36. The lowest BCUT2D eigenvalue weighted by molar-refractivity contribution is -0.150. The van der Waals surface area contributed by atoms with Gasteiger partial charge in [0, 0.05) is 0 Å². The minimum atomic E-state index is -0.646. The van der Waals surface area contributed by atoms with Gasteiger partial charge in [0.1, 0.15) is 5.75 Å². The maximum absolute atomic E-state index is 11.8. The lowest BCUT2D eigenvalue weighted by Crippen LogP contribution is -2.31. The second kappa shape index (κ2) is 9.08. The van der Waals surface area contributed by atoms with E-state index in [4.69, 9.17) is 14.7 Å². The molecule has 0 saturated carbocycles. The molecular weight excluding hydrogens is 320 g/mol. The summed E-state index contributed by atoms with van der Waals surface area (Å²) in [5, 5.41) is 11.5. The van der Waals surface area contributed by atoms with Crippen LogP contribution in [0.4, 0.5) is 0 Å². The normalized spacial score (nSPS) is 11.0. The van der Waals surface area contributed by atoms with Crippen LogP contribution in [0.1, 0.15) is 24.1 Å². The summed E-state index contributed by atoms with van der Waals surface area (Å²) in [5.74, 6) is -0.590. The van der Waals surface area contributed by atoms with Crippen molar-refractivity contribution < 1.29 is 19.1 Å². The van der Waals surface area contributed by atoms with Crippen LogP contribution in [0, 0.1) is 11.3 Å². The summed E-state index contributed by atoms with van der Waals surface area (Å²) in [5.41, 5.74) is 1.46. The minimum Gasteiger partial charge on any atom is -0.482 e. The van der Waals surface area contributed by atoms with Gasteiger partial charge in [-0.3, -0.25) is 4.79 Å². The van der Waals surface area contributed by atoms with Gasteiger partial charge in [0.05, 0.1) is 17.7 Å². The lowest BCUT2D eigenvalue weighted by atomic mass is 10.1. The van der Waals surface area contributed by atoms with Crippen LogP contribution in [-0.2, 0) is 14.3 Å². The average molecular weight is 338 g/mol. The van der Waals surface area contributed by atoms with Crippen molar-refractivity contribution in [3.8, 4) is 11.8 Å². The summed E-state index contributed by atoms with van der Waals surface area (Å²) in [7, 11) is 0. The Hall–Kier alpha value is -3.33. The highest BCUT2D eigenvalue weighted by Gasteiger charge is 2.12. The quantitative estimate of drug-likeness (QED) is 0.783. The number of hydrogen-bond acceptors (Lipinski definition) is 5. The number of nitriles is 1. The highest BCUT2D eigenvalue weighted by Crippen LogP contribution is 2.12. The third-order valence-corrected chi connectivity index (χ3v) is 3.38. The number of rotatable bonds is 7. The fourth-order valence-electron chi connectivity index (χ4n) is 2.06. The SMILES string of the molecule is C[C@@H](NC(=O)COC(=O)COc1ccc(C#N)cc1)c1ccccc1. The molecule has 0 unspecified atom stereocenters. The van der Waals surface area contributed by atoms with Crippen molar-refractivity contribution in [2.45, 2.75) is 13.0 Å². The van der Waals surface area contributed by atoms with Gasteiger partial charge in [-0.1, -0.05) is 30.3 Å². The summed E-state index contributed by atoms with van der Waals surface area (Å²) < 4.78 is 10.1. The molecule has 6 heteroatoms. The van der Waals surface area contributed by atoms with Crippen LogP contribution in [-0.4, -0.2) is 25.1 Å². The number of ether oxygens (including phenoxy) is 2. The Kier molecular flexibility index (Phi) is 6.55. The maximum Gasteiger partial charge on any atom is 0.344 e. The molecule has 0 fully saturated rings. The number of carbonyl (C=O) groups excluding carboxylic acids is 2. The summed E-state index contributed by atoms with van der Waals surface area (Å²) in [4.78, 5) is 23.4. The Labute approximate surface area is 146 Å². The van der Waals surface area contributed by atoms with Crippen LogP contribution in [0.2, 0.25) is 0 Å². The summed E-state index contributed by atoms with van der Waals surface area (Å²) in [6.07, 6.45) is 0. The fraction of sp³-hybridized carbons (Fsp3) is 0.211. The minimum absolute atomic E-state index is 0.178. The van der Waals surface area contributed by atoms with Crippen LogP contribution >= 0.6 is 0 Å². The van der Waals surface area contributed by atoms with Gasteiger partial charge >= 0.3 is 5.97 Å². The van der Waals surface area contributed by atoms with E-state index in [0.29, 0.717) is 11.3 Å². The second-order valence-electron chi connectivity index (χ2n) is 5.29. The van der Waals surface area contributed by atoms with Gasteiger partial charge in [0.25, 0.3) is 5.91 Å². The first-order chi connectivity index (χ1) is 12.1. The largest absolute Gasteiger partial charge is 0.482 e. The van der Waals surface area contributed by atoms with Gasteiger partial charge in [-0.05, 0) is 36.8 Å². The summed E-state index contributed by atoms with van der Waals surface area (Å²) >= 11 is 0. The summed E-state index contributed by atoms with van der Waals surface area (Å²) in [6, 6.07) is 17.6. The zero-order valence-corrected chi connectivity index (χ0v) is 13.8. The molecule has 0 aromatic heterocycles. The Morgan fingerprint density at radius 1 is 1.08 bits per heavy atom. The van der Waals surface area contributed by atoms with Gasteiger partial charge in [0.15, 0.2) is 13.2 Å². The number of nitrogens with zero attached hydrogens (tertiary/aromatic N) is 1. The number of amides is 1. The Morgan fingerprint density at radius 3 is 2.40 bits per heavy atom. The molecule has 6 nitrogen and oxygen atoms in total. The van der Waals surface area contributed by atoms with Crippen molar-refractivity contribution in [2.24, 2.45) is 0 Å². The van der Waals surface area contributed by atoms with E-state index in [0.717, 1.165) is 5.56 Å². The second-order valence-corrected chi connectivity index (χ2v) is 5.29. The van der Waals surface area contributed by atoms with E-state index < -0.39 is 5.97 Å². The van der Waals surface area contributed by atoms with Gasteiger partial charge in [-0.25, -0.2) is 4.79 Å². The molecule has 25 heavy (non-hydrogen) atoms. The molecule has 0 heterocycles. The van der Waals surface area contributed by atoms with Crippen LogP contribution in [0.25, 0.3) is 0 Å². The lowest BCUT2D eigenvalue weighted by Gasteiger charge is -2.14. The van der Waals surface area contributed by atoms with Gasteiger partial charge in [-0.2, -0.15) is 5.26 Å². The molecule has 1 N–H and O–H groups in total. The first-order valence-electron chi connectivity index (χ1n) is 7.71. The van der Waals surface area contributed by atoms with Crippen LogP contribution in [0.15, 0.2) is 54.6 Å². The smallest absolute Gasteiger partial charge is 0.344 e. The van der Waals surface area contributed by atoms with Crippen molar-refractivity contribution in [1.29, 1.82) is 5.26 Å². The zero-order chi connectivity index (χ0) is 18.1. The molecule has 1 amide bonds. The van der Waals surface area contributed by atoms with Crippen LogP contribution in [0.3, 0.4) is 0 Å². The van der Waals surface area contributed by atoms with Crippen LogP contribution in [0.5, 0.6) is 5.75 Å². The monoisotopic (exact) mass is 338 g/mol. The molecule has 0 aliphatic rings.